The standard InChI is InChI=1S/C15H23N5S2.HI/c1-11-8-17-14(22-11)10-19-15(16-2)18-9-12(20(3)4)13-6-5-7-21-13;/h5-8,12H,9-10H2,1-4H3,(H2,16,18,19);1H. The SMILES string of the molecule is CN=C(NCc1ncc(C)s1)NCC(c1cccs1)N(C)C.I. The number of hydrogen-bond acceptors (Lipinski definition) is 5. The number of aromatic nitrogens is 1. The summed E-state index contributed by atoms with van der Waals surface area (Å²) in [5.41, 5.74) is 0. The molecule has 0 aromatic carbocycles. The van der Waals surface area contributed by atoms with Gasteiger partial charge in [0.15, 0.2) is 5.96 Å². The third-order valence-corrected chi connectivity index (χ3v) is 5.14. The molecule has 0 saturated heterocycles. The van der Waals surface area contributed by atoms with Gasteiger partial charge in [-0.15, -0.1) is 46.7 Å². The second-order valence-electron chi connectivity index (χ2n) is 5.17. The number of aliphatic imine (C=N–C) groups is 1. The Kier molecular flexibility index (Phi) is 9.03. The molecule has 23 heavy (non-hydrogen) atoms. The zero-order valence-corrected chi connectivity index (χ0v) is 17.8. The van der Waals surface area contributed by atoms with E-state index in [1.54, 1.807) is 29.7 Å². The first-order valence-corrected chi connectivity index (χ1v) is 8.85. The van der Waals surface area contributed by atoms with Gasteiger partial charge in [-0.25, -0.2) is 4.98 Å². The number of thiazole rings is 1. The summed E-state index contributed by atoms with van der Waals surface area (Å²) < 4.78 is 0. The molecule has 1 atom stereocenters. The zero-order valence-electron chi connectivity index (χ0n) is 13.9. The van der Waals surface area contributed by atoms with Gasteiger partial charge in [-0.05, 0) is 32.5 Å². The van der Waals surface area contributed by atoms with Crippen LogP contribution in [0.25, 0.3) is 0 Å². The number of halogens is 1. The molecule has 0 aliphatic rings. The average Bonchev–Trinajstić information content (AvgIpc) is 3.14. The van der Waals surface area contributed by atoms with Crippen LogP contribution in [0.2, 0.25) is 0 Å². The van der Waals surface area contributed by atoms with Gasteiger partial charge in [-0.1, -0.05) is 6.07 Å². The van der Waals surface area contributed by atoms with Crippen molar-refractivity contribution in [3.8, 4) is 0 Å². The maximum absolute atomic E-state index is 4.35. The van der Waals surface area contributed by atoms with E-state index in [2.05, 4.69) is 64.0 Å². The Morgan fingerprint density at radius 2 is 2.17 bits per heavy atom. The van der Waals surface area contributed by atoms with Gasteiger partial charge in [0, 0.05) is 29.5 Å². The number of aryl methyl sites for hydroxylation is 1. The van der Waals surface area contributed by atoms with Crippen LogP contribution in [0, 0.1) is 6.92 Å². The van der Waals surface area contributed by atoms with E-state index in [4.69, 9.17) is 0 Å². The zero-order chi connectivity index (χ0) is 15.9. The number of rotatable bonds is 6. The topological polar surface area (TPSA) is 52.6 Å². The molecule has 2 heterocycles. The number of likely N-dealkylation sites (N-methyl/N-ethyl adjacent to an activating group) is 1. The Morgan fingerprint density at radius 3 is 2.70 bits per heavy atom. The fourth-order valence-corrected chi connectivity index (χ4v) is 3.72. The van der Waals surface area contributed by atoms with Crippen LogP contribution in [0.3, 0.4) is 0 Å². The van der Waals surface area contributed by atoms with Gasteiger partial charge in [0.05, 0.1) is 12.6 Å². The molecule has 2 rings (SSSR count). The van der Waals surface area contributed by atoms with Crippen LogP contribution in [0.15, 0.2) is 28.7 Å². The van der Waals surface area contributed by atoms with E-state index in [0.717, 1.165) is 17.5 Å². The van der Waals surface area contributed by atoms with Gasteiger partial charge in [-0.3, -0.25) is 4.99 Å². The smallest absolute Gasteiger partial charge is 0.191 e. The normalized spacial score (nSPS) is 12.8. The van der Waals surface area contributed by atoms with Crippen LogP contribution in [-0.2, 0) is 6.54 Å². The molecular weight excluding hydrogens is 441 g/mol. The number of guanidine groups is 1. The van der Waals surface area contributed by atoms with Crippen molar-refractivity contribution in [2.24, 2.45) is 4.99 Å². The second kappa shape index (κ2) is 10.2. The lowest BCUT2D eigenvalue weighted by Crippen LogP contribution is -2.41. The molecule has 2 N–H and O–H groups in total. The van der Waals surface area contributed by atoms with Gasteiger partial charge in [0.2, 0.25) is 0 Å². The summed E-state index contributed by atoms with van der Waals surface area (Å²) in [6, 6.07) is 4.60. The Hall–Kier alpha value is -0.710. The fourth-order valence-electron chi connectivity index (χ4n) is 2.07. The molecule has 0 saturated carbocycles. The summed E-state index contributed by atoms with van der Waals surface area (Å²) in [5.74, 6) is 0.802. The average molecular weight is 465 g/mol. The summed E-state index contributed by atoms with van der Waals surface area (Å²) in [6.45, 7) is 3.57. The van der Waals surface area contributed by atoms with Crippen molar-refractivity contribution in [1.82, 2.24) is 20.5 Å². The third-order valence-electron chi connectivity index (χ3n) is 3.26. The van der Waals surface area contributed by atoms with Crippen LogP contribution in [-0.4, -0.2) is 43.5 Å². The summed E-state index contributed by atoms with van der Waals surface area (Å²) in [4.78, 5) is 13.4. The summed E-state index contributed by atoms with van der Waals surface area (Å²) in [7, 11) is 5.99. The molecule has 2 aromatic heterocycles. The predicted molar refractivity (Wildman–Crippen MR) is 111 cm³/mol. The van der Waals surface area contributed by atoms with E-state index in [1.165, 1.54) is 9.75 Å². The van der Waals surface area contributed by atoms with Gasteiger partial charge >= 0.3 is 0 Å². The Bertz CT molecular complexity index is 595. The number of nitrogens with one attached hydrogen (secondary N) is 2. The molecule has 1 unspecified atom stereocenters. The van der Waals surface area contributed by atoms with Crippen molar-refractivity contribution < 1.29 is 0 Å². The quantitative estimate of drug-likeness (QED) is 0.391. The van der Waals surface area contributed by atoms with E-state index in [0.29, 0.717) is 12.6 Å². The Labute approximate surface area is 163 Å². The van der Waals surface area contributed by atoms with Crippen LogP contribution < -0.4 is 10.6 Å². The van der Waals surface area contributed by atoms with Gasteiger partial charge in [0.25, 0.3) is 0 Å². The molecule has 2 aromatic rings. The maximum atomic E-state index is 4.35. The van der Waals surface area contributed by atoms with E-state index < -0.39 is 0 Å². The lowest BCUT2D eigenvalue weighted by molar-refractivity contribution is 0.302. The van der Waals surface area contributed by atoms with Crippen LogP contribution in [0.5, 0.6) is 0 Å². The second-order valence-corrected chi connectivity index (χ2v) is 7.46. The van der Waals surface area contributed by atoms with Crippen molar-refractivity contribution in [1.29, 1.82) is 0 Å². The number of hydrogen-bond donors (Lipinski definition) is 2. The van der Waals surface area contributed by atoms with E-state index in [9.17, 15) is 0 Å². The van der Waals surface area contributed by atoms with Crippen molar-refractivity contribution in [3.05, 3.63) is 38.5 Å². The minimum Gasteiger partial charge on any atom is -0.354 e. The molecular formula is C15H24IN5S2. The van der Waals surface area contributed by atoms with Crippen molar-refractivity contribution in [2.75, 3.05) is 27.7 Å². The third kappa shape index (κ3) is 6.36. The number of thiophene rings is 1. The molecule has 0 aliphatic heterocycles. The molecule has 0 fully saturated rings. The first kappa shape index (κ1) is 20.3. The predicted octanol–water partition coefficient (Wildman–Crippen LogP) is 3.10. The molecule has 0 spiro atoms. The minimum atomic E-state index is 0. The number of nitrogens with zero attached hydrogens (tertiary/aromatic N) is 3. The minimum absolute atomic E-state index is 0. The molecule has 0 bridgehead atoms. The fraction of sp³-hybridized carbons (Fsp3) is 0.467. The monoisotopic (exact) mass is 465 g/mol. The molecule has 0 amide bonds. The highest BCUT2D eigenvalue weighted by Gasteiger charge is 2.15. The summed E-state index contributed by atoms with van der Waals surface area (Å²) in [5, 5.41) is 9.89. The highest BCUT2D eigenvalue weighted by atomic mass is 127. The largest absolute Gasteiger partial charge is 0.354 e. The van der Waals surface area contributed by atoms with Crippen molar-refractivity contribution in [2.45, 2.75) is 19.5 Å². The lowest BCUT2D eigenvalue weighted by Gasteiger charge is -2.24. The van der Waals surface area contributed by atoms with Crippen LogP contribution in [0.4, 0.5) is 0 Å². The molecule has 0 aliphatic carbocycles. The van der Waals surface area contributed by atoms with Gasteiger partial charge < -0.3 is 15.5 Å². The van der Waals surface area contributed by atoms with Crippen molar-refractivity contribution >= 4 is 52.6 Å². The van der Waals surface area contributed by atoms with E-state index in [1.807, 2.05) is 6.20 Å². The highest BCUT2D eigenvalue weighted by Crippen LogP contribution is 2.22. The lowest BCUT2D eigenvalue weighted by atomic mass is 10.2. The van der Waals surface area contributed by atoms with Gasteiger partial charge in [0.1, 0.15) is 5.01 Å². The first-order chi connectivity index (χ1) is 10.6. The summed E-state index contributed by atoms with van der Waals surface area (Å²) in [6.07, 6.45) is 1.90. The van der Waals surface area contributed by atoms with Gasteiger partial charge in [-0.2, -0.15) is 0 Å². The molecule has 0 radical (unpaired) electrons. The Morgan fingerprint density at radius 1 is 1.39 bits per heavy atom. The molecule has 8 heteroatoms. The van der Waals surface area contributed by atoms with Crippen molar-refractivity contribution in [3.63, 3.8) is 0 Å². The molecule has 5 nitrogen and oxygen atoms in total. The first-order valence-electron chi connectivity index (χ1n) is 7.15. The van der Waals surface area contributed by atoms with E-state index in [-0.39, 0.29) is 24.0 Å². The summed E-state index contributed by atoms with van der Waals surface area (Å²) >= 11 is 3.49. The van der Waals surface area contributed by atoms with E-state index >= 15 is 0 Å². The van der Waals surface area contributed by atoms with Crippen LogP contribution >= 0.6 is 46.7 Å². The maximum Gasteiger partial charge on any atom is 0.191 e. The molecule has 128 valence electrons. The highest BCUT2D eigenvalue weighted by molar-refractivity contribution is 14.0. The van der Waals surface area contributed by atoms with Crippen LogP contribution in [0.1, 0.15) is 20.8 Å². The Balaban J connectivity index is 0.00000264.